The maximum Gasteiger partial charge on any atom is 0.313 e. The van der Waals surface area contributed by atoms with Crippen LogP contribution in [0.4, 0.5) is 0 Å². The molecular weight excluding hydrogens is 270 g/mol. The summed E-state index contributed by atoms with van der Waals surface area (Å²) in [7, 11) is 0. The highest BCUT2D eigenvalue weighted by Crippen LogP contribution is 2.15. The zero-order valence-corrected chi connectivity index (χ0v) is 11.4. The minimum absolute atomic E-state index is 0.0355. The van der Waals surface area contributed by atoms with Crippen molar-refractivity contribution in [3.63, 3.8) is 0 Å². The number of benzene rings is 1. The first-order valence-corrected chi connectivity index (χ1v) is 7.56. The number of amides is 1. The van der Waals surface area contributed by atoms with Gasteiger partial charge in [0.25, 0.3) is 0 Å². The maximum absolute atomic E-state index is 11.3. The molecule has 0 fully saturated rings. The normalized spacial score (nSPS) is 10.0. The maximum atomic E-state index is 11.3. The zero-order chi connectivity index (χ0) is 13.2. The van der Waals surface area contributed by atoms with Crippen molar-refractivity contribution in [2.45, 2.75) is 4.90 Å². The van der Waals surface area contributed by atoms with Gasteiger partial charge in [-0.05, 0) is 12.1 Å². The van der Waals surface area contributed by atoms with Gasteiger partial charge in [-0.1, -0.05) is 18.2 Å². The van der Waals surface area contributed by atoms with E-state index in [0.29, 0.717) is 6.54 Å². The Morgan fingerprint density at radius 3 is 2.56 bits per heavy atom. The second kappa shape index (κ2) is 8.88. The molecule has 0 unspecified atom stereocenters. The third kappa shape index (κ3) is 7.24. The average molecular weight is 285 g/mol. The van der Waals surface area contributed by atoms with E-state index in [9.17, 15) is 9.59 Å². The third-order valence-electron chi connectivity index (χ3n) is 1.89. The molecule has 6 heteroatoms. The first kappa shape index (κ1) is 14.9. The minimum atomic E-state index is -0.896. The molecule has 2 N–H and O–H groups in total. The van der Waals surface area contributed by atoms with Crippen LogP contribution in [-0.4, -0.2) is 40.8 Å². The van der Waals surface area contributed by atoms with E-state index in [-0.39, 0.29) is 17.4 Å². The fourth-order valence-corrected chi connectivity index (χ4v) is 2.51. The molecule has 0 radical (unpaired) electrons. The molecule has 1 aromatic carbocycles. The number of carboxylic acid groups (broad SMARTS) is 1. The van der Waals surface area contributed by atoms with Crippen LogP contribution in [0.25, 0.3) is 0 Å². The van der Waals surface area contributed by atoms with Crippen LogP contribution in [0.15, 0.2) is 35.2 Å². The Morgan fingerprint density at radius 2 is 1.89 bits per heavy atom. The lowest BCUT2D eigenvalue weighted by atomic mass is 10.4. The summed E-state index contributed by atoms with van der Waals surface area (Å²) in [6.45, 7) is 0.589. The number of nitrogens with one attached hydrogen (secondary N) is 1. The van der Waals surface area contributed by atoms with E-state index in [1.54, 1.807) is 11.8 Å². The van der Waals surface area contributed by atoms with Crippen LogP contribution < -0.4 is 5.32 Å². The van der Waals surface area contributed by atoms with Crippen LogP contribution in [0.1, 0.15) is 0 Å². The number of hydrogen-bond acceptors (Lipinski definition) is 4. The Balaban J connectivity index is 2.04. The standard InChI is InChI=1S/C12H15NO3S2/c14-11(8-17-9-12(15)16)13-6-7-18-10-4-2-1-3-5-10/h1-5H,6-9H2,(H,13,14)(H,15,16). The van der Waals surface area contributed by atoms with Gasteiger partial charge in [0.1, 0.15) is 0 Å². The Hall–Kier alpha value is -1.14. The highest BCUT2D eigenvalue weighted by molar-refractivity contribution is 8.00. The van der Waals surface area contributed by atoms with E-state index >= 15 is 0 Å². The lowest BCUT2D eigenvalue weighted by Crippen LogP contribution is -2.27. The van der Waals surface area contributed by atoms with Gasteiger partial charge >= 0.3 is 5.97 Å². The summed E-state index contributed by atoms with van der Waals surface area (Å²) in [5, 5.41) is 11.2. The summed E-state index contributed by atoms with van der Waals surface area (Å²) < 4.78 is 0. The molecular formula is C12H15NO3S2. The molecule has 0 aromatic heterocycles. The van der Waals surface area contributed by atoms with Gasteiger partial charge in [0, 0.05) is 17.2 Å². The van der Waals surface area contributed by atoms with E-state index in [4.69, 9.17) is 5.11 Å². The van der Waals surface area contributed by atoms with E-state index in [1.165, 1.54) is 4.90 Å². The van der Waals surface area contributed by atoms with Crippen molar-refractivity contribution >= 4 is 35.4 Å². The first-order valence-electron chi connectivity index (χ1n) is 5.42. The van der Waals surface area contributed by atoms with Crippen LogP contribution in [0.3, 0.4) is 0 Å². The molecule has 4 nitrogen and oxygen atoms in total. The summed E-state index contributed by atoms with van der Waals surface area (Å²) in [5.74, 6) is -0.0456. The summed E-state index contributed by atoms with van der Waals surface area (Å²) in [6.07, 6.45) is 0. The number of carbonyl (C=O) groups is 2. The van der Waals surface area contributed by atoms with Gasteiger partial charge in [-0.25, -0.2) is 0 Å². The van der Waals surface area contributed by atoms with Gasteiger partial charge in [0.05, 0.1) is 11.5 Å². The van der Waals surface area contributed by atoms with Crippen LogP contribution in [-0.2, 0) is 9.59 Å². The van der Waals surface area contributed by atoms with Gasteiger partial charge in [0.15, 0.2) is 0 Å². The molecule has 1 aromatic rings. The summed E-state index contributed by atoms with van der Waals surface area (Å²) >= 11 is 2.78. The Morgan fingerprint density at radius 1 is 1.17 bits per heavy atom. The summed E-state index contributed by atoms with van der Waals surface area (Å²) in [4.78, 5) is 22.7. The van der Waals surface area contributed by atoms with Crippen LogP contribution >= 0.6 is 23.5 Å². The number of hydrogen-bond donors (Lipinski definition) is 2. The predicted molar refractivity (Wildman–Crippen MR) is 75.1 cm³/mol. The minimum Gasteiger partial charge on any atom is -0.481 e. The van der Waals surface area contributed by atoms with Crippen LogP contribution in [0.2, 0.25) is 0 Å². The van der Waals surface area contributed by atoms with Crippen molar-refractivity contribution in [2.75, 3.05) is 23.8 Å². The molecule has 0 aliphatic heterocycles. The Bertz CT molecular complexity index is 384. The molecule has 0 heterocycles. The van der Waals surface area contributed by atoms with Gasteiger partial charge in [0.2, 0.25) is 5.91 Å². The van der Waals surface area contributed by atoms with Crippen molar-refractivity contribution in [2.24, 2.45) is 0 Å². The van der Waals surface area contributed by atoms with Crippen LogP contribution in [0, 0.1) is 0 Å². The SMILES string of the molecule is O=C(O)CSCC(=O)NCCSc1ccccc1. The fraction of sp³-hybridized carbons (Fsp3) is 0.333. The third-order valence-corrected chi connectivity index (χ3v) is 3.83. The summed E-state index contributed by atoms with van der Waals surface area (Å²) in [6, 6.07) is 9.96. The monoisotopic (exact) mass is 285 g/mol. The molecule has 0 bridgehead atoms. The number of carbonyl (C=O) groups excluding carboxylic acids is 1. The topological polar surface area (TPSA) is 66.4 Å². The molecule has 18 heavy (non-hydrogen) atoms. The molecule has 0 saturated heterocycles. The van der Waals surface area contributed by atoms with Crippen molar-refractivity contribution < 1.29 is 14.7 Å². The molecule has 0 spiro atoms. The second-order valence-corrected chi connectivity index (χ2v) is 5.55. The number of carboxylic acids is 1. The van der Waals surface area contributed by atoms with Crippen molar-refractivity contribution in [3.8, 4) is 0 Å². The van der Waals surface area contributed by atoms with Gasteiger partial charge < -0.3 is 10.4 Å². The predicted octanol–water partition coefficient (Wildman–Crippen LogP) is 1.71. The van der Waals surface area contributed by atoms with Crippen molar-refractivity contribution in [1.29, 1.82) is 0 Å². The molecule has 0 saturated carbocycles. The molecule has 0 aliphatic carbocycles. The Kier molecular flexibility index (Phi) is 7.36. The van der Waals surface area contributed by atoms with Gasteiger partial charge in [-0.15, -0.1) is 23.5 Å². The smallest absolute Gasteiger partial charge is 0.313 e. The fourth-order valence-electron chi connectivity index (χ4n) is 1.16. The molecule has 1 amide bonds. The van der Waals surface area contributed by atoms with E-state index in [0.717, 1.165) is 17.5 Å². The average Bonchev–Trinajstić information content (AvgIpc) is 2.35. The molecule has 98 valence electrons. The van der Waals surface area contributed by atoms with Crippen LogP contribution in [0.5, 0.6) is 0 Å². The number of thioether (sulfide) groups is 2. The number of aliphatic carboxylic acids is 1. The quantitative estimate of drug-likeness (QED) is 0.562. The molecule has 0 atom stereocenters. The van der Waals surface area contributed by atoms with Crippen molar-refractivity contribution in [1.82, 2.24) is 5.32 Å². The zero-order valence-electron chi connectivity index (χ0n) is 9.80. The van der Waals surface area contributed by atoms with E-state index < -0.39 is 5.97 Å². The Labute approximate surface area is 115 Å². The van der Waals surface area contributed by atoms with Crippen molar-refractivity contribution in [3.05, 3.63) is 30.3 Å². The second-order valence-electron chi connectivity index (χ2n) is 3.40. The van der Waals surface area contributed by atoms with Gasteiger partial charge in [-0.2, -0.15) is 0 Å². The van der Waals surface area contributed by atoms with Gasteiger partial charge in [-0.3, -0.25) is 9.59 Å². The molecule has 1 rings (SSSR count). The highest BCUT2D eigenvalue weighted by atomic mass is 32.2. The van der Waals surface area contributed by atoms with E-state index in [2.05, 4.69) is 5.32 Å². The highest BCUT2D eigenvalue weighted by Gasteiger charge is 2.03. The number of rotatable bonds is 8. The molecule has 0 aliphatic rings. The van der Waals surface area contributed by atoms with E-state index in [1.807, 2.05) is 30.3 Å². The lowest BCUT2D eigenvalue weighted by molar-refractivity contribution is -0.133. The first-order chi connectivity index (χ1) is 8.68. The summed E-state index contributed by atoms with van der Waals surface area (Å²) in [5.41, 5.74) is 0. The largest absolute Gasteiger partial charge is 0.481 e. The lowest BCUT2D eigenvalue weighted by Gasteiger charge is -2.04.